The minimum Gasteiger partial charge on any atom is -1.00 e. The minimum absolute atomic E-state index is 0. The summed E-state index contributed by atoms with van der Waals surface area (Å²) in [6.45, 7) is 18.6. The Bertz CT molecular complexity index is 658. The normalized spacial score (nSPS) is 10.2. The van der Waals surface area contributed by atoms with Crippen LogP contribution in [0, 0.1) is 41.5 Å². The van der Waals surface area contributed by atoms with Crippen LogP contribution in [-0.4, -0.2) is 8.07 Å². The van der Waals surface area contributed by atoms with Gasteiger partial charge in [-0.1, -0.05) is 88.1 Å². The summed E-state index contributed by atoms with van der Waals surface area (Å²) in [5.41, 5.74) is 8.95. The Morgan fingerprint density at radius 3 is 1.35 bits per heavy atom. The second-order valence-corrected chi connectivity index (χ2v) is 11.7. The van der Waals surface area contributed by atoms with E-state index in [1.807, 2.05) is 0 Å². The molecule has 0 bridgehead atoms. The zero-order chi connectivity index (χ0) is 16.7. The van der Waals surface area contributed by atoms with E-state index < -0.39 is 8.07 Å². The molecule has 0 amide bonds. The predicted octanol–water partition coefficient (Wildman–Crippen LogP) is -4.13. The van der Waals surface area contributed by atoms with Crippen molar-refractivity contribution in [2.45, 2.75) is 67.5 Å². The molecule has 0 heterocycles. The first kappa shape index (κ1) is 31.1. The summed E-state index contributed by atoms with van der Waals surface area (Å²) in [6, 6.07) is 9.80. The summed E-state index contributed by atoms with van der Waals surface area (Å²) in [4.78, 5) is 0. The van der Waals surface area contributed by atoms with Gasteiger partial charge in [-0.2, -0.15) is 22.3 Å². The fourth-order valence-electron chi connectivity index (χ4n) is 4.34. The Labute approximate surface area is 195 Å². The fraction of sp³-hybridized carbons (Fsp3) is 0.476. The Morgan fingerprint density at radius 1 is 0.692 bits per heavy atom. The summed E-state index contributed by atoms with van der Waals surface area (Å²) in [6.07, 6.45) is 0. The first-order valence-corrected chi connectivity index (χ1v) is 11.0. The van der Waals surface area contributed by atoms with Gasteiger partial charge < -0.3 is 37.2 Å². The summed E-state index contributed by atoms with van der Waals surface area (Å²) in [5, 5.41) is 3.35. The monoisotopic (exact) mass is 464 g/mol. The molecule has 0 nitrogen and oxygen atoms in total. The van der Waals surface area contributed by atoms with E-state index in [1.165, 1.54) is 34.3 Å². The van der Waals surface area contributed by atoms with E-state index in [2.05, 4.69) is 73.6 Å². The van der Waals surface area contributed by atoms with Gasteiger partial charge in [0.05, 0.1) is 8.07 Å². The molecule has 0 aliphatic rings. The van der Waals surface area contributed by atoms with Gasteiger partial charge in [0.15, 0.2) is 0 Å². The maximum absolute atomic E-state index is 2.46. The molecule has 144 valence electrons. The van der Waals surface area contributed by atoms with Crippen molar-refractivity contribution in [2.24, 2.45) is 0 Å². The molecule has 0 N–H and O–H groups in total. The zero-order valence-corrected chi connectivity index (χ0v) is 22.1. The molecule has 2 rings (SSSR count). The maximum Gasteiger partial charge on any atom is 4.00 e. The van der Waals surface area contributed by atoms with Crippen molar-refractivity contribution in [3.05, 3.63) is 51.6 Å². The van der Waals surface area contributed by atoms with Crippen molar-refractivity contribution in [1.82, 2.24) is 0 Å². The van der Waals surface area contributed by atoms with Crippen molar-refractivity contribution in [3.8, 4) is 0 Å². The molecule has 5 heteroatoms. The van der Waals surface area contributed by atoms with Crippen LogP contribution in [0.4, 0.5) is 0 Å². The molecule has 0 aliphatic heterocycles. The van der Waals surface area contributed by atoms with E-state index in [0.717, 1.165) is 0 Å². The predicted molar refractivity (Wildman–Crippen MR) is 103 cm³/mol. The molecule has 0 radical (unpaired) electrons. The molecule has 2 aromatic rings. The van der Waals surface area contributed by atoms with Crippen LogP contribution in [0.3, 0.4) is 0 Å². The standard InChI is InChI=1S/C21H31Si.3ClH.Ti/c1-9-22(10-2,20-12-14(3)11-15(4)13-20)21-18(7)16(5)17(6)19(21)8;;;;/h11-13H,9-10H2,1-8H3;3*1H;/q-1;;;;+4/p-3. The van der Waals surface area contributed by atoms with Crippen LogP contribution in [0.5, 0.6) is 0 Å². The van der Waals surface area contributed by atoms with Crippen molar-refractivity contribution in [2.75, 3.05) is 0 Å². The van der Waals surface area contributed by atoms with E-state index >= 15 is 0 Å². The second kappa shape index (κ2) is 12.0. The van der Waals surface area contributed by atoms with E-state index in [1.54, 1.807) is 21.5 Å². The smallest absolute Gasteiger partial charge is 1.00 e. The summed E-state index contributed by atoms with van der Waals surface area (Å²) >= 11 is 0. The Balaban J connectivity index is -0.00000132. The number of rotatable bonds is 4. The third-order valence-corrected chi connectivity index (χ3v) is 11.4. The molecule has 0 saturated heterocycles. The minimum atomic E-state index is -1.66. The number of halogens is 3. The van der Waals surface area contributed by atoms with Crippen molar-refractivity contribution < 1.29 is 58.9 Å². The van der Waals surface area contributed by atoms with Gasteiger partial charge in [-0.3, -0.25) is 0 Å². The third-order valence-electron chi connectivity index (χ3n) is 5.90. The molecule has 26 heavy (non-hydrogen) atoms. The van der Waals surface area contributed by atoms with Crippen LogP contribution in [0.2, 0.25) is 12.1 Å². The van der Waals surface area contributed by atoms with Gasteiger partial charge in [0.1, 0.15) is 0 Å². The number of hydrogen-bond donors (Lipinski definition) is 0. The van der Waals surface area contributed by atoms with Crippen LogP contribution in [-0.2, 0) is 21.7 Å². The van der Waals surface area contributed by atoms with Gasteiger partial charge in [-0.15, -0.1) is 5.19 Å². The van der Waals surface area contributed by atoms with Gasteiger partial charge >= 0.3 is 21.7 Å². The quantitative estimate of drug-likeness (QED) is 0.318. The number of benzene rings is 1. The van der Waals surface area contributed by atoms with Crippen LogP contribution >= 0.6 is 0 Å². The molecule has 0 aromatic heterocycles. The molecule has 0 fully saturated rings. The van der Waals surface area contributed by atoms with Gasteiger partial charge in [0.25, 0.3) is 0 Å². The van der Waals surface area contributed by atoms with Crippen LogP contribution in [0.25, 0.3) is 0 Å². The van der Waals surface area contributed by atoms with Crippen LogP contribution in [0.1, 0.15) is 47.2 Å². The molecular weight excluding hydrogens is 435 g/mol. The average Bonchev–Trinajstić information content (AvgIpc) is 2.66. The van der Waals surface area contributed by atoms with Crippen LogP contribution < -0.4 is 47.6 Å². The molecule has 0 atom stereocenters. The van der Waals surface area contributed by atoms with E-state index in [-0.39, 0.29) is 58.9 Å². The SMILES string of the molecule is CC[Si](CC)(c1cc(C)cc(C)c1)[c-]1c(C)c(C)c(C)c1C.[Cl-].[Cl-].[Cl-].[Ti+4]. The largest absolute Gasteiger partial charge is 4.00 e. The van der Waals surface area contributed by atoms with Gasteiger partial charge in [0.2, 0.25) is 0 Å². The molecule has 0 saturated carbocycles. The summed E-state index contributed by atoms with van der Waals surface area (Å²) < 4.78 is 0. The fourth-order valence-corrected chi connectivity index (χ4v) is 9.47. The van der Waals surface area contributed by atoms with Gasteiger partial charge in [-0.05, 0) is 13.8 Å². The second-order valence-electron chi connectivity index (χ2n) is 7.04. The zero-order valence-electron chi connectivity index (χ0n) is 17.3. The first-order valence-electron chi connectivity index (χ1n) is 8.60. The Kier molecular flexibility index (Phi) is 14.4. The molecule has 0 aliphatic carbocycles. The van der Waals surface area contributed by atoms with Crippen LogP contribution in [0.15, 0.2) is 18.2 Å². The average molecular weight is 466 g/mol. The van der Waals surface area contributed by atoms with Crippen molar-refractivity contribution >= 4 is 18.4 Å². The summed E-state index contributed by atoms with van der Waals surface area (Å²) in [5.74, 6) is 0. The van der Waals surface area contributed by atoms with Crippen molar-refractivity contribution in [3.63, 3.8) is 0 Å². The third kappa shape index (κ3) is 5.25. The molecule has 0 spiro atoms. The van der Waals surface area contributed by atoms with E-state index in [9.17, 15) is 0 Å². The van der Waals surface area contributed by atoms with Gasteiger partial charge in [-0.25, -0.2) is 0 Å². The Hall–Kier alpha value is 0.371. The number of hydrogen-bond acceptors (Lipinski definition) is 0. The molecule has 0 unspecified atom stereocenters. The molecule has 2 aromatic carbocycles. The summed E-state index contributed by atoms with van der Waals surface area (Å²) in [7, 11) is -1.66. The van der Waals surface area contributed by atoms with Crippen molar-refractivity contribution in [1.29, 1.82) is 0 Å². The first-order chi connectivity index (χ1) is 10.3. The number of aryl methyl sites for hydroxylation is 2. The Morgan fingerprint density at radius 2 is 1.04 bits per heavy atom. The topological polar surface area (TPSA) is 0 Å². The van der Waals surface area contributed by atoms with Gasteiger partial charge in [0, 0.05) is 0 Å². The maximum atomic E-state index is 2.46. The van der Waals surface area contributed by atoms with E-state index in [0.29, 0.717) is 0 Å². The van der Waals surface area contributed by atoms with E-state index in [4.69, 9.17) is 0 Å². The molecular formula is C21H31Cl3SiTi.